The van der Waals surface area contributed by atoms with Crippen LogP contribution in [0.4, 0.5) is 13.2 Å². The minimum atomic E-state index is -4.53. The first-order chi connectivity index (χ1) is 8.43. The number of rotatable bonds is 5. The molecule has 18 heavy (non-hydrogen) atoms. The molecule has 0 saturated carbocycles. The van der Waals surface area contributed by atoms with Crippen molar-refractivity contribution >= 4 is 0 Å². The van der Waals surface area contributed by atoms with E-state index in [2.05, 4.69) is 9.97 Å². The van der Waals surface area contributed by atoms with Gasteiger partial charge in [0, 0.05) is 24.9 Å². The van der Waals surface area contributed by atoms with Crippen LogP contribution in [0.5, 0.6) is 0 Å². The quantitative estimate of drug-likeness (QED) is 0.886. The SMILES string of the molecule is CCOC(CC)c1ncc(CN)c(C(F)(F)F)n1. The molecule has 1 unspecified atom stereocenters. The molecule has 1 rings (SSSR count). The highest BCUT2D eigenvalue weighted by Crippen LogP contribution is 2.31. The zero-order valence-corrected chi connectivity index (χ0v) is 10.3. The molecule has 1 aromatic rings. The molecule has 2 N–H and O–H groups in total. The summed E-state index contributed by atoms with van der Waals surface area (Å²) < 4.78 is 43.6. The number of ether oxygens (including phenoxy) is 1. The third kappa shape index (κ3) is 3.39. The van der Waals surface area contributed by atoms with Gasteiger partial charge in [0.05, 0.1) is 0 Å². The predicted molar refractivity (Wildman–Crippen MR) is 59.6 cm³/mol. The maximum Gasteiger partial charge on any atom is 0.433 e. The van der Waals surface area contributed by atoms with E-state index in [9.17, 15) is 13.2 Å². The number of nitrogens with two attached hydrogens (primary N) is 1. The van der Waals surface area contributed by atoms with E-state index < -0.39 is 18.0 Å². The molecule has 0 amide bonds. The summed E-state index contributed by atoms with van der Waals surface area (Å²) in [6.45, 7) is 3.71. The van der Waals surface area contributed by atoms with Crippen LogP contribution >= 0.6 is 0 Å². The molecule has 0 bridgehead atoms. The van der Waals surface area contributed by atoms with Crippen molar-refractivity contribution in [2.24, 2.45) is 5.73 Å². The summed E-state index contributed by atoms with van der Waals surface area (Å²) in [6, 6.07) is 0. The molecule has 0 aliphatic carbocycles. The average molecular weight is 263 g/mol. The van der Waals surface area contributed by atoms with E-state index in [0.29, 0.717) is 13.0 Å². The van der Waals surface area contributed by atoms with E-state index in [0.717, 1.165) is 6.20 Å². The molecule has 0 aromatic carbocycles. The van der Waals surface area contributed by atoms with Crippen LogP contribution in [-0.4, -0.2) is 16.6 Å². The lowest BCUT2D eigenvalue weighted by Gasteiger charge is -2.16. The summed E-state index contributed by atoms with van der Waals surface area (Å²) in [5, 5.41) is 0. The van der Waals surface area contributed by atoms with E-state index in [1.165, 1.54) is 0 Å². The van der Waals surface area contributed by atoms with Crippen molar-refractivity contribution in [1.82, 2.24) is 9.97 Å². The Balaban J connectivity index is 3.17. The lowest BCUT2D eigenvalue weighted by molar-refractivity contribution is -0.142. The van der Waals surface area contributed by atoms with Crippen LogP contribution < -0.4 is 5.73 Å². The Kier molecular flexibility index (Phi) is 5.03. The van der Waals surface area contributed by atoms with Crippen molar-refractivity contribution in [1.29, 1.82) is 0 Å². The second kappa shape index (κ2) is 6.10. The first-order valence-electron chi connectivity index (χ1n) is 5.68. The van der Waals surface area contributed by atoms with Crippen LogP contribution in [0.3, 0.4) is 0 Å². The van der Waals surface area contributed by atoms with E-state index in [1.54, 1.807) is 13.8 Å². The molecule has 7 heteroatoms. The molecule has 1 atom stereocenters. The fraction of sp³-hybridized carbons (Fsp3) is 0.636. The van der Waals surface area contributed by atoms with Crippen LogP contribution in [0.15, 0.2) is 6.20 Å². The lowest BCUT2D eigenvalue weighted by Crippen LogP contribution is -2.18. The molecule has 4 nitrogen and oxygen atoms in total. The van der Waals surface area contributed by atoms with Crippen molar-refractivity contribution in [2.45, 2.75) is 39.1 Å². The highest BCUT2D eigenvalue weighted by atomic mass is 19.4. The molecule has 0 aliphatic rings. The van der Waals surface area contributed by atoms with Gasteiger partial charge < -0.3 is 10.5 Å². The Bertz CT molecular complexity index is 396. The average Bonchev–Trinajstić information content (AvgIpc) is 2.34. The number of hydrogen-bond donors (Lipinski definition) is 1. The van der Waals surface area contributed by atoms with Crippen molar-refractivity contribution in [2.75, 3.05) is 6.61 Å². The highest BCUT2D eigenvalue weighted by Gasteiger charge is 2.36. The maximum absolute atomic E-state index is 12.8. The summed E-state index contributed by atoms with van der Waals surface area (Å²) in [5.41, 5.74) is 4.16. The van der Waals surface area contributed by atoms with Crippen LogP contribution in [0, 0.1) is 0 Å². The summed E-state index contributed by atoms with van der Waals surface area (Å²) in [5.74, 6) is 0.0453. The van der Waals surface area contributed by atoms with Crippen LogP contribution in [0.25, 0.3) is 0 Å². The first-order valence-corrected chi connectivity index (χ1v) is 5.68. The zero-order chi connectivity index (χ0) is 13.8. The van der Waals surface area contributed by atoms with E-state index in [1.807, 2.05) is 0 Å². The fourth-order valence-electron chi connectivity index (χ4n) is 1.55. The summed E-state index contributed by atoms with van der Waals surface area (Å²) in [4.78, 5) is 7.46. The second-order valence-corrected chi connectivity index (χ2v) is 3.66. The molecule has 0 spiro atoms. The van der Waals surface area contributed by atoms with Crippen molar-refractivity contribution in [3.63, 3.8) is 0 Å². The molecular weight excluding hydrogens is 247 g/mol. The van der Waals surface area contributed by atoms with Crippen molar-refractivity contribution in [3.05, 3.63) is 23.3 Å². The molecule has 1 aromatic heterocycles. The molecule has 102 valence electrons. The monoisotopic (exact) mass is 263 g/mol. The Labute approximate surface area is 103 Å². The molecular formula is C11H16F3N3O. The van der Waals surface area contributed by atoms with Crippen LogP contribution in [0.1, 0.15) is 43.5 Å². The first kappa shape index (κ1) is 14.8. The van der Waals surface area contributed by atoms with E-state index in [4.69, 9.17) is 10.5 Å². The summed E-state index contributed by atoms with van der Waals surface area (Å²) in [6.07, 6.45) is -3.43. The minimum absolute atomic E-state index is 0.0453. The molecule has 1 heterocycles. The van der Waals surface area contributed by atoms with Gasteiger partial charge in [-0.1, -0.05) is 6.92 Å². The van der Waals surface area contributed by atoms with Gasteiger partial charge in [0.2, 0.25) is 0 Å². The standard InChI is InChI=1S/C11H16F3N3O/c1-3-8(18-4-2)10-16-6-7(5-15)9(17-10)11(12,13)14/h6,8H,3-5,15H2,1-2H3. The van der Waals surface area contributed by atoms with Crippen LogP contribution in [0.2, 0.25) is 0 Å². The van der Waals surface area contributed by atoms with E-state index in [-0.39, 0.29) is 17.9 Å². The van der Waals surface area contributed by atoms with Gasteiger partial charge in [0.1, 0.15) is 6.10 Å². The summed E-state index contributed by atoms with van der Waals surface area (Å²) in [7, 11) is 0. The second-order valence-electron chi connectivity index (χ2n) is 3.66. The Morgan fingerprint density at radius 1 is 1.39 bits per heavy atom. The number of alkyl halides is 3. The van der Waals surface area contributed by atoms with Crippen molar-refractivity contribution < 1.29 is 17.9 Å². The Hall–Kier alpha value is -1.21. The molecule has 0 radical (unpaired) electrons. The highest BCUT2D eigenvalue weighted by molar-refractivity contribution is 5.20. The van der Waals surface area contributed by atoms with Gasteiger partial charge in [-0.2, -0.15) is 13.2 Å². The molecule has 0 aliphatic heterocycles. The minimum Gasteiger partial charge on any atom is -0.371 e. The lowest BCUT2D eigenvalue weighted by atomic mass is 10.2. The molecule has 0 fully saturated rings. The van der Waals surface area contributed by atoms with Crippen LogP contribution in [-0.2, 0) is 17.5 Å². The third-order valence-electron chi connectivity index (χ3n) is 2.40. The van der Waals surface area contributed by atoms with Gasteiger partial charge in [0.15, 0.2) is 11.5 Å². The van der Waals surface area contributed by atoms with E-state index >= 15 is 0 Å². The van der Waals surface area contributed by atoms with Gasteiger partial charge in [0.25, 0.3) is 0 Å². The topological polar surface area (TPSA) is 61.0 Å². The number of nitrogens with zero attached hydrogens (tertiary/aromatic N) is 2. The zero-order valence-electron chi connectivity index (χ0n) is 10.3. The Morgan fingerprint density at radius 2 is 2.06 bits per heavy atom. The largest absolute Gasteiger partial charge is 0.433 e. The van der Waals surface area contributed by atoms with Gasteiger partial charge in [-0.05, 0) is 13.3 Å². The van der Waals surface area contributed by atoms with Crippen molar-refractivity contribution in [3.8, 4) is 0 Å². The fourth-order valence-corrected chi connectivity index (χ4v) is 1.55. The number of hydrogen-bond acceptors (Lipinski definition) is 4. The normalized spacial score (nSPS) is 13.7. The Morgan fingerprint density at radius 3 is 2.50 bits per heavy atom. The predicted octanol–water partition coefficient (Wildman–Crippen LogP) is 2.44. The maximum atomic E-state index is 12.8. The number of aromatic nitrogens is 2. The smallest absolute Gasteiger partial charge is 0.371 e. The summed E-state index contributed by atoms with van der Waals surface area (Å²) >= 11 is 0. The number of halogens is 3. The third-order valence-corrected chi connectivity index (χ3v) is 2.40. The van der Waals surface area contributed by atoms with Gasteiger partial charge >= 0.3 is 6.18 Å². The van der Waals surface area contributed by atoms with Gasteiger partial charge in [-0.25, -0.2) is 9.97 Å². The van der Waals surface area contributed by atoms with Gasteiger partial charge in [-0.15, -0.1) is 0 Å². The van der Waals surface area contributed by atoms with Gasteiger partial charge in [-0.3, -0.25) is 0 Å². The molecule has 0 saturated heterocycles.